The Bertz CT molecular complexity index is 1040. The standard InChI is InChI=1S/C20H17NO7/c22-14-2-3-15-13(9-25-17(15)7-14)6-20(24)26-10-19(23)21-8-12-1-4-16-18(5-12)28-11-27-16/h1-5,7,9,22H,6,8,10-11H2,(H,21,23). The third-order valence-electron chi connectivity index (χ3n) is 4.27. The van der Waals surface area contributed by atoms with Crippen molar-refractivity contribution in [3.8, 4) is 17.2 Å². The first-order valence-electron chi connectivity index (χ1n) is 8.58. The maximum atomic E-state index is 12.0. The number of fused-ring (bicyclic) bond motifs is 2. The van der Waals surface area contributed by atoms with Gasteiger partial charge in [0.2, 0.25) is 6.79 Å². The lowest BCUT2D eigenvalue weighted by Crippen LogP contribution is -2.28. The van der Waals surface area contributed by atoms with E-state index in [-0.39, 0.29) is 32.1 Å². The van der Waals surface area contributed by atoms with E-state index in [9.17, 15) is 14.7 Å². The number of nitrogens with one attached hydrogen (secondary N) is 1. The molecule has 1 aromatic heterocycles. The van der Waals surface area contributed by atoms with Crippen molar-refractivity contribution in [3.63, 3.8) is 0 Å². The van der Waals surface area contributed by atoms with Crippen LogP contribution in [0.5, 0.6) is 17.2 Å². The smallest absolute Gasteiger partial charge is 0.310 e. The number of rotatable bonds is 6. The number of carbonyl (C=O) groups is 2. The van der Waals surface area contributed by atoms with Gasteiger partial charge < -0.3 is 29.1 Å². The number of aromatic hydroxyl groups is 1. The lowest BCUT2D eigenvalue weighted by Gasteiger charge is -2.07. The number of furan rings is 1. The molecule has 1 aliphatic heterocycles. The van der Waals surface area contributed by atoms with Gasteiger partial charge in [0.1, 0.15) is 11.3 Å². The second-order valence-electron chi connectivity index (χ2n) is 6.24. The topological polar surface area (TPSA) is 107 Å². The summed E-state index contributed by atoms with van der Waals surface area (Å²) in [7, 11) is 0. The van der Waals surface area contributed by atoms with Crippen LogP contribution in [-0.4, -0.2) is 30.4 Å². The van der Waals surface area contributed by atoms with Gasteiger partial charge in [-0.25, -0.2) is 0 Å². The average Bonchev–Trinajstić information content (AvgIpc) is 3.31. The van der Waals surface area contributed by atoms with E-state index in [1.165, 1.54) is 18.4 Å². The van der Waals surface area contributed by atoms with Crippen molar-refractivity contribution in [2.45, 2.75) is 13.0 Å². The third kappa shape index (κ3) is 3.85. The van der Waals surface area contributed by atoms with Crippen molar-refractivity contribution in [1.82, 2.24) is 5.32 Å². The number of carbonyl (C=O) groups excluding carboxylic acids is 2. The number of amides is 1. The summed E-state index contributed by atoms with van der Waals surface area (Å²) in [5.74, 6) is 0.432. The van der Waals surface area contributed by atoms with Crippen molar-refractivity contribution in [3.05, 3.63) is 53.8 Å². The molecule has 0 aliphatic carbocycles. The summed E-state index contributed by atoms with van der Waals surface area (Å²) in [6.45, 7) is 0.0943. The SMILES string of the molecule is O=C(COC(=O)Cc1coc2cc(O)ccc12)NCc1ccc2c(c1)OCO2. The van der Waals surface area contributed by atoms with E-state index in [4.69, 9.17) is 18.6 Å². The molecule has 0 fully saturated rings. The molecule has 1 aliphatic rings. The van der Waals surface area contributed by atoms with Gasteiger partial charge in [-0.3, -0.25) is 9.59 Å². The molecule has 0 atom stereocenters. The maximum Gasteiger partial charge on any atom is 0.310 e. The van der Waals surface area contributed by atoms with Crippen LogP contribution in [0.3, 0.4) is 0 Å². The number of ether oxygens (including phenoxy) is 3. The van der Waals surface area contributed by atoms with Gasteiger partial charge in [0.25, 0.3) is 5.91 Å². The fraction of sp³-hybridized carbons (Fsp3) is 0.200. The largest absolute Gasteiger partial charge is 0.508 e. The molecule has 0 unspecified atom stereocenters. The Morgan fingerprint density at radius 3 is 2.86 bits per heavy atom. The van der Waals surface area contributed by atoms with Gasteiger partial charge in [-0.1, -0.05) is 6.07 Å². The second kappa shape index (κ2) is 7.51. The zero-order valence-electron chi connectivity index (χ0n) is 14.8. The van der Waals surface area contributed by atoms with Gasteiger partial charge in [0.05, 0.1) is 12.7 Å². The predicted octanol–water partition coefficient (Wildman–Crippen LogP) is 2.27. The Balaban J connectivity index is 1.25. The normalized spacial score (nSPS) is 12.1. The monoisotopic (exact) mass is 383 g/mol. The number of hydrogen-bond acceptors (Lipinski definition) is 7. The van der Waals surface area contributed by atoms with Crippen LogP contribution < -0.4 is 14.8 Å². The molecule has 144 valence electrons. The Hall–Kier alpha value is -3.68. The minimum atomic E-state index is -0.547. The summed E-state index contributed by atoms with van der Waals surface area (Å²) in [6.07, 6.45) is 1.40. The molecule has 0 spiro atoms. The summed E-state index contributed by atoms with van der Waals surface area (Å²) in [5, 5.41) is 12.8. The van der Waals surface area contributed by atoms with Crippen molar-refractivity contribution >= 4 is 22.8 Å². The maximum absolute atomic E-state index is 12.0. The summed E-state index contributed by atoms with van der Waals surface area (Å²) in [6, 6.07) is 10.0. The second-order valence-corrected chi connectivity index (χ2v) is 6.24. The summed E-state index contributed by atoms with van der Waals surface area (Å²) < 4.78 is 20.9. The molecule has 0 saturated heterocycles. The quantitative estimate of drug-likeness (QED) is 0.629. The molecule has 1 amide bonds. The van der Waals surface area contributed by atoms with Gasteiger partial charge in [-0.15, -0.1) is 0 Å². The van der Waals surface area contributed by atoms with Crippen LogP contribution in [0.2, 0.25) is 0 Å². The molecule has 0 radical (unpaired) electrons. The van der Waals surface area contributed by atoms with Crippen LogP contribution in [0.4, 0.5) is 0 Å². The molecule has 0 saturated carbocycles. The van der Waals surface area contributed by atoms with E-state index < -0.39 is 11.9 Å². The lowest BCUT2D eigenvalue weighted by molar-refractivity contribution is -0.147. The van der Waals surface area contributed by atoms with Gasteiger partial charge in [-0.05, 0) is 29.8 Å². The summed E-state index contributed by atoms with van der Waals surface area (Å²) in [4.78, 5) is 23.9. The number of benzene rings is 2. The molecule has 8 heteroatoms. The highest BCUT2D eigenvalue weighted by Gasteiger charge is 2.15. The van der Waals surface area contributed by atoms with Gasteiger partial charge in [-0.2, -0.15) is 0 Å². The highest BCUT2D eigenvalue weighted by molar-refractivity contribution is 5.87. The Morgan fingerprint density at radius 2 is 1.96 bits per heavy atom. The number of phenols is 1. The van der Waals surface area contributed by atoms with Gasteiger partial charge in [0, 0.05) is 23.6 Å². The Morgan fingerprint density at radius 1 is 1.11 bits per heavy atom. The molecule has 8 nitrogen and oxygen atoms in total. The first-order chi connectivity index (χ1) is 13.6. The van der Waals surface area contributed by atoms with E-state index >= 15 is 0 Å². The molecule has 4 rings (SSSR count). The average molecular weight is 383 g/mol. The zero-order chi connectivity index (χ0) is 19.5. The molecule has 2 N–H and O–H groups in total. The number of hydrogen-bond donors (Lipinski definition) is 2. The third-order valence-corrected chi connectivity index (χ3v) is 4.27. The summed E-state index contributed by atoms with van der Waals surface area (Å²) in [5.41, 5.74) is 1.95. The number of esters is 1. The summed E-state index contributed by atoms with van der Waals surface area (Å²) >= 11 is 0. The van der Waals surface area contributed by atoms with Crippen LogP contribution in [0.1, 0.15) is 11.1 Å². The predicted molar refractivity (Wildman–Crippen MR) is 97.0 cm³/mol. The number of phenolic OH excluding ortho intramolecular Hbond substituents is 1. The zero-order valence-corrected chi connectivity index (χ0v) is 14.8. The van der Waals surface area contributed by atoms with Crippen molar-refractivity contribution in [2.24, 2.45) is 0 Å². The minimum absolute atomic E-state index is 0.0345. The highest BCUT2D eigenvalue weighted by Crippen LogP contribution is 2.32. The Kier molecular flexibility index (Phi) is 4.76. The van der Waals surface area contributed by atoms with Crippen molar-refractivity contribution < 1.29 is 33.3 Å². The minimum Gasteiger partial charge on any atom is -0.508 e. The molecule has 3 aromatic rings. The molecule has 2 aromatic carbocycles. The van der Waals surface area contributed by atoms with E-state index in [1.54, 1.807) is 18.2 Å². The molecular formula is C20H17NO7. The fourth-order valence-electron chi connectivity index (χ4n) is 2.86. The van der Waals surface area contributed by atoms with E-state index in [0.717, 1.165) is 5.56 Å². The highest BCUT2D eigenvalue weighted by atomic mass is 16.7. The van der Waals surface area contributed by atoms with Crippen LogP contribution in [0, 0.1) is 0 Å². The van der Waals surface area contributed by atoms with Gasteiger partial charge in [0.15, 0.2) is 18.1 Å². The van der Waals surface area contributed by atoms with Crippen molar-refractivity contribution in [1.29, 1.82) is 0 Å². The van der Waals surface area contributed by atoms with Gasteiger partial charge >= 0.3 is 5.97 Å². The van der Waals surface area contributed by atoms with E-state index in [0.29, 0.717) is 28.0 Å². The van der Waals surface area contributed by atoms with Crippen LogP contribution in [0.25, 0.3) is 11.0 Å². The van der Waals surface area contributed by atoms with Crippen LogP contribution in [-0.2, 0) is 27.3 Å². The van der Waals surface area contributed by atoms with Crippen LogP contribution >= 0.6 is 0 Å². The first kappa shape index (κ1) is 17.7. The molecule has 0 bridgehead atoms. The van der Waals surface area contributed by atoms with E-state index in [2.05, 4.69) is 5.32 Å². The lowest BCUT2D eigenvalue weighted by atomic mass is 10.1. The van der Waals surface area contributed by atoms with Crippen molar-refractivity contribution in [2.75, 3.05) is 13.4 Å². The van der Waals surface area contributed by atoms with E-state index in [1.807, 2.05) is 6.07 Å². The fourth-order valence-corrected chi connectivity index (χ4v) is 2.86. The molecule has 2 heterocycles. The van der Waals surface area contributed by atoms with Crippen LogP contribution in [0.15, 0.2) is 47.1 Å². The Labute approximate surface area is 159 Å². The first-order valence-corrected chi connectivity index (χ1v) is 8.58. The molecular weight excluding hydrogens is 366 g/mol. The molecule has 28 heavy (non-hydrogen) atoms.